The maximum Gasteiger partial charge on any atom is 0.339 e. The third kappa shape index (κ3) is 1.80. The Morgan fingerprint density at radius 3 is 2.73 bits per heavy atom. The number of pyridine rings is 1. The summed E-state index contributed by atoms with van der Waals surface area (Å²) in [5.74, 6) is -0.397. The second-order valence-electron chi connectivity index (χ2n) is 3.02. The number of ether oxygens (including phenoxy) is 1. The molecule has 0 saturated heterocycles. The number of esters is 1. The molecule has 0 radical (unpaired) electrons. The summed E-state index contributed by atoms with van der Waals surface area (Å²) in [7, 11) is 1.33. The zero-order valence-electron chi connectivity index (χ0n) is 7.83. The summed E-state index contributed by atoms with van der Waals surface area (Å²) < 4.78 is 6.30. The fraction of sp³-hybridized carbons (Fsp3) is 0.100. The van der Waals surface area contributed by atoms with Gasteiger partial charge >= 0.3 is 5.97 Å². The van der Waals surface area contributed by atoms with Gasteiger partial charge in [0, 0.05) is 12.4 Å². The van der Waals surface area contributed by atoms with Crippen molar-refractivity contribution in [2.45, 2.75) is 0 Å². The van der Waals surface area contributed by atoms with Crippen LogP contribution in [0, 0.1) is 0 Å². The Kier molecular flexibility index (Phi) is 2.59. The van der Waals surface area contributed by atoms with Crippen molar-refractivity contribution in [3.63, 3.8) is 0 Å². The van der Waals surface area contributed by atoms with Crippen molar-refractivity contribution >= 4 is 34.7 Å². The Labute approximate surface area is 96.2 Å². The average molecular weight is 244 g/mol. The maximum absolute atomic E-state index is 11.3. The number of halogens is 2. The predicted octanol–water partition coefficient (Wildman–Crippen LogP) is 3.03. The molecule has 2 aromatic rings. The molecule has 0 aromatic carbocycles. The molecule has 0 fully saturated rings. The van der Waals surface area contributed by atoms with E-state index in [1.807, 2.05) is 0 Å². The van der Waals surface area contributed by atoms with Crippen LogP contribution in [0.4, 0.5) is 0 Å². The van der Waals surface area contributed by atoms with E-state index >= 15 is 0 Å². The van der Waals surface area contributed by atoms with Gasteiger partial charge in [0.15, 0.2) is 0 Å². The lowest BCUT2D eigenvalue weighted by atomic mass is 10.3. The molecule has 0 atom stereocenters. The van der Waals surface area contributed by atoms with Crippen molar-refractivity contribution in [2.24, 2.45) is 0 Å². The van der Waals surface area contributed by atoms with E-state index < -0.39 is 5.97 Å². The number of nitrogens with zero attached hydrogens (tertiary/aromatic N) is 1. The molecule has 0 unspecified atom stereocenters. The first-order chi connectivity index (χ1) is 7.11. The van der Waals surface area contributed by atoms with Crippen LogP contribution >= 0.6 is 23.2 Å². The van der Waals surface area contributed by atoms with Gasteiger partial charge in [-0.25, -0.2) is 4.79 Å². The van der Waals surface area contributed by atoms with E-state index in [2.05, 4.69) is 4.74 Å². The van der Waals surface area contributed by atoms with Gasteiger partial charge in [-0.05, 0) is 12.1 Å². The number of rotatable bonds is 1. The van der Waals surface area contributed by atoms with Crippen LogP contribution in [0.3, 0.4) is 0 Å². The fourth-order valence-electron chi connectivity index (χ4n) is 1.37. The average Bonchev–Trinajstić information content (AvgIpc) is 2.60. The van der Waals surface area contributed by atoms with Crippen LogP contribution in [-0.4, -0.2) is 17.5 Å². The number of fused-ring (bicyclic) bond motifs is 1. The third-order valence-electron chi connectivity index (χ3n) is 2.04. The van der Waals surface area contributed by atoms with Gasteiger partial charge in [-0.2, -0.15) is 0 Å². The number of carbonyl (C=O) groups excluding carboxylic acids is 1. The molecule has 0 aliphatic rings. The summed E-state index contributed by atoms with van der Waals surface area (Å²) >= 11 is 11.8. The number of hydrogen-bond acceptors (Lipinski definition) is 2. The van der Waals surface area contributed by atoms with Gasteiger partial charge in [0.2, 0.25) is 0 Å². The molecule has 3 nitrogen and oxygen atoms in total. The highest BCUT2D eigenvalue weighted by Gasteiger charge is 2.10. The van der Waals surface area contributed by atoms with Gasteiger partial charge in [0.05, 0.1) is 28.2 Å². The van der Waals surface area contributed by atoms with Crippen molar-refractivity contribution in [1.29, 1.82) is 0 Å². The molecule has 0 aliphatic carbocycles. The van der Waals surface area contributed by atoms with Gasteiger partial charge in [-0.3, -0.25) is 0 Å². The van der Waals surface area contributed by atoms with Crippen molar-refractivity contribution in [3.05, 3.63) is 40.1 Å². The molecule has 0 amide bonds. The number of methoxy groups -OCH3 is 1. The summed E-state index contributed by atoms with van der Waals surface area (Å²) in [6.07, 6.45) is 3.30. The second-order valence-corrected chi connectivity index (χ2v) is 3.86. The van der Waals surface area contributed by atoms with Crippen LogP contribution in [0.1, 0.15) is 10.4 Å². The molecule has 2 aromatic heterocycles. The van der Waals surface area contributed by atoms with E-state index in [-0.39, 0.29) is 0 Å². The Hall–Kier alpha value is -1.19. The smallest absolute Gasteiger partial charge is 0.339 e. The molecule has 2 heterocycles. The Morgan fingerprint density at radius 2 is 2.07 bits per heavy atom. The summed E-state index contributed by atoms with van der Waals surface area (Å²) in [6, 6.07) is 3.28. The Bertz CT molecular complexity index is 533. The highest BCUT2D eigenvalue weighted by Crippen LogP contribution is 2.24. The molecule has 5 heteroatoms. The SMILES string of the molecule is COC(=O)c1cc2c(Cl)cc(Cl)cn2c1. The van der Waals surface area contributed by atoms with Crippen LogP contribution in [0.2, 0.25) is 10.0 Å². The maximum atomic E-state index is 11.3. The van der Waals surface area contributed by atoms with Crippen molar-refractivity contribution in [3.8, 4) is 0 Å². The van der Waals surface area contributed by atoms with Gasteiger partial charge in [-0.1, -0.05) is 23.2 Å². The monoisotopic (exact) mass is 243 g/mol. The van der Waals surface area contributed by atoms with Crippen molar-refractivity contribution in [1.82, 2.24) is 4.40 Å². The van der Waals surface area contributed by atoms with E-state index in [0.29, 0.717) is 15.6 Å². The molecule has 0 spiro atoms. The van der Waals surface area contributed by atoms with E-state index in [0.717, 1.165) is 5.52 Å². The molecule has 15 heavy (non-hydrogen) atoms. The molecule has 2 rings (SSSR count). The summed E-state index contributed by atoms with van der Waals surface area (Å²) in [5, 5.41) is 1.01. The van der Waals surface area contributed by atoms with E-state index in [4.69, 9.17) is 23.2 Å². The lowest BCUT2D eigenvalue weighted by Crippen LogP contribution is -1.98. The zero-order valence-corrected chi connectivity index (χ0v) is 9.34. The second kappa shape index (κ2) is 3.76. The molecular formula is C10H7Cl2NO2. The van der Waals surface area contributed by atoms with Crippen molar-refractivity contribution in [2.75, 3.05) is 7.11 Å². The first-order valence-electron chi connectivity index (χ1n) is 4.17. The quantitative estimate of drug-likeness (QED) is 0.722. The predicted molar refractivity (Wildman–Crippen MR) is 58.8 cm³/mol. The normalized spacial score (nSPS) is 10.6. The van der Waals surface area contributed by atoms with E-state index in [1.54, 1.807) is 28.9 Å². The summed E-state index contributed by atoms with van der Waals surface area (Å²) in [4.78, 5) is 11.3. The van der Waals surface area contributed by atoms with Crippen LogP contribution in [0.25, 0.3) is 5.52 Å². The molecule has 0 bridgehead atoms. The third-order valence-corrected chi connectivity index (χ3v) is 2.55. The minimum Gasteiger partial charge on any atom is -0.465 e. The first-order valence-corrected chi connectivity index (χ1v) is 4.92. The lowest BCUT2D eigenvalue weighted by Gasteiger charge is -1.97. The van der Waals surface area contributed by atoms with Gasteiger partial charge in [0.25, 0.3) is 0 Å². The van der Waals surface area contributed by atoms with Crippen molar-refractivity contribution < 1.29 is 9.53 Å². The highest BCUT2D eigenvalue weighted by atomic mass is 35.5. The zero-order chi connectivity index (χ0) is 11.0. The molecule has 78 valence electrons. The highest BCUT2D eigenvalue weighted by molar-refractivity contribution is 6.36. The van der Waals surface area contributed by atoms with Crippen LogP contribution < -0.4 is 0 Å². The Morgan fingerprint density at radius 1 is 1.33 bits per heavy atom. The molecular weight excluding hydrogens is 237 g/mol. The molecule has 0 saturated carbocycles. The van der Waals surface area contributed by atoms with Crippen LogP contribution in [0.15, 0.2) is 24.5 Å². The minimum absolute atomic E-state index is 0.397. The van der Waals surface area contributed by atoms with Crippen LogP contribution in [0.5, 0.6) is 0 Å². The number of aromatic nitrogens is 1. The topological polar surface area (TPSA) is 30.7 Å². The fourth-order valence-corrected chi connectivity index (χ4v) is 1.91. The number of hydrogen-bond donors (Lipinski definition) is 0. The molecule has 0 aliphatic heterocycles. The van der Waals surface area contributed by atoms with E-state index in [1.165, 1.54) is 7.11 Å². The van der Waals surface area contributed by atoms with E-state index in [9.17, 15) is 4.79 Å². The van der Waals surface area contributed by atoms with Gasteiger partial charge in [-0.15, -0.1) is 0 Å². The van der Waals surface area contributed by atoms with Gasteiger partial charge < -0.3 is 9.14 Å². The van der Waals surface area contributed by atoms with Gasteiger partial charge in [0.1, 0.15) is 0 Å². The lowest BCUT2D eigenvalue weighted by molar-refractivity contribution is 0.0601. The molecule has 0 N–H and O–H groups in total. The van der Waals surface area contributed by atoms with Crippen LogP contribution in [-0.2, 0) is 4.74 Å². The minimum atomic E-state index is -0.397. The Balaban J connectivity index is 2.65. The number of carbonyl (C=O) groups is 1. The standard InChI is InChI=1S/C10H7Cl2NO2/c1-15-10(14)6-2-9-8(12)3-7(11)5-13(9)4-6/h2-5H,1H3. The summed E-state index contributed by atoms with van der Waals surface area (Å²) in [6.45, 7) is 0. The largest absolute Gasteiger partial charge is 0.465 e. The summed E-state index contributed by atoms with van der Waals surface area (Å²) in [5.41, 5.74) is 1.17. The first kappa shape index (κ1) is 10.3.